The van der Waals surface area contributed by atoms with Gasteiger partial charge in [0.15, 0.2) is 17.2 Å². The molecule has 0 aromatic heterocycles. The molecule has 0 unspecified atom stereocenters. The zero-order valence-corrected chi connectivity index (χ0v) is 12.7. The van der Waals surface area contributed by atoms with Gasteiger partial charge in [0, 0.05) is 5.56 Å². The van der Waals surface area contributed by atoms with Crippen LogP contribution in [0, 0.1) is 0 Å². The monoisotopic (exact) mass is 312 g/mol. The van der Waals surface area contributed by atoms with Crippen LogP contribution in [0.2, 0.25) is 5.02 Å². The van der Waals surface area contributed by atoms with Crippen molar-refractivity contribution >= 4 is 23.2 Å². The van der Waals surface area contributed by atoms with Gasteiger partial charge < -0.3 is 14.2 Å². The molecule has 0 atom stereocenters. The molecule has 0 saturated carbocycles. The molecule has 0 heterocycles. The van der Waals surface area contributed by atoms with Crippen LogP contribution < -0.4 is 14.2 Å². The number of para-hydroxylation sites is 2. The molecule has 3 nitrogen and oxygen atoms in total. The summed E-state index contributed by atoms with van der Waals surface area (Å²) in [6.45, 7) is 0. The van der Waals surface area contributed by atoms with E-state index in [2.05, 4.69) is 0 Å². The van der Waals surface area contributed by atoms with Crippen molar-refractivity contribution in [3.63, 3.8) is 0 Å². The summed E-state index contributed by atoms with van der Waals surface area (Å²) in [6.07, 6.45) is 0. The SMILES string of the molecule is COc1cccc(OC)c1Oc1c(Cl)cccc1CCl. The normalized spacial score (nSPS) is 10.2. The van der Waals surface area contributed by atoms with Crippen molar-refractivity contribution in [1.29, 1.82) is 0 Å². The van der Waals surface area contributed by atoms with Crippen LogP contribution in [0.5, 0.6) is 23.0 Å². The summed E-state index contributed by atoms with van der Waals surface area (Å²) < 4.78 is 16.5. The number of rotatable bonds is 5. The second kappa shape index (κ2) is 6.73. The lowest BCUT2D eigenvalue weighted by atomic mass is 10.2. The van der Waals surface area contributed by atoms with Gasteiger partial charge in [0.05, 0.1) is 25.1 Å². The highest BCUT2D eigenvalue weighted by Gasteiger charge is 2.16. The Hall–Kier alpha value is -1.58. The van der Waals surface area contributed by atoms with Gasteiger partial charge >= 0.3 is 0 Å². The van der Waals surface area contributed by atoms with Crippen LogP contribution in [0.15, 0.2) is 36.4 Å². The van der Waals surface area contributed by atoms with Crippen molar-refractivity contribution in [3.05, 3.63) is 47.0 Å². The van der Waals surface area contributed by atoms with Gasteiger partial charge in [-0.3, -0.25) is 0 Å². The van der Waals surface area contributed by atoms with E-state index in [1.54, 1.807) is 32.4 Å². The molecule has 0 aliphatic carbocycles. The lowest BCUT2D eigenvalue weighted by Crippen LogP contribution is -1.96. The summed E-state index contributed by atoms with van der Waals surface area (Å²) >= 11 is 12.1. The van der Waals surface area contributed by atoms with Gasteiger partial charge in [-0.2, -0.15) is 0 Å². The fraction of sp³-hybridized carbons (Fsp3) is 0.200. The third kappa shape index (κ3) is 2.94. The average Bonchev–Trinajstić information content (AvgIpc) is 2.49. The van der Waals surface area contributed by atoms with E-state index in [1.165, 1.54) is 0 Å². The quantitative estimate of drug-likeness (QED) is 0.736. The van der Waals surface area contributed by atoms with Crippen LogP contribution >= 0.6 is 23.2 Å². The molecule has 106 valence electrons. The van der Waals surface area contributed by atoms with E-state index in [9.17, 15) is 0 Å². The summed E-state index contributed by atoms with van der Waals surface area (Å²) in [5, 5.41) is 0.483. The van der Waals surface area contributed by atoms with Crippen LogP contribution in [0.4, 0.5) is 0 Å². The van der Waals surface area contributed by atoms with Crippen LogP contribution in [0.25, 0.3) is 0 Å². The Labute approximate surface area is 128 Å². The Bertz CT molecular complexity index is 577. The highest BCUT2D eigenvalue weighted by molar-refractivity contribution is 6.32. The van der Waals surface area contributed by atoms with E-state index in [0.29, 0.717) is 33.9 Å². The summed E-state index contributed by atoms with van der Waals surface area (Å²) in [5.41, 5.74) is 0.798. The van der Waals surface area contributed by atoms with Crippen molar-refractivity contribution in [1.82, 2.24) is 0 Å². The van der Waals surface area contributed by atoms with Gasteiger partial charge in [0.1, 0.15) is 0 Å². The van der Waals surface area contributed by atoms with E-state index in [-0.39, 0.29) is 0 Å². The average molecular weight is 313 g/mol. The van der Waals surface area contributed by atoms with Crippen molar-refractivity contribution in [2.75, 3.05) is 14.2 Å². The summed E-state index contributed by atoms with van der Waals surface area (Å²) in [4.78, 5) is 0. The maximum atomic E-state index is 6.18. The first-order chi connectivity index (χ1) is 9.71. The largest absolute Gasteiger partial charge is 0.493 e. The molecule has 0 radical (unpaired) electrons. The van der Waals surface area contributed by atoms with Crippen LogP contribution in [0.1, 0.15) is 5.56 Å². The zero-order valence-electron chi connectivity index (χ0n) is 11.2. The predicted molar refractivity (Wildman–Crippen MR) is 80.6 cm³/mol. The van der Waals surface area contributed by atoms with Gasteiger partial charge in [0.2, 0.25) is 5.75 Å². The maximum absolute atomic E-state index is 6.18. The Kier molecular flexibility index (Phi) is 4.99. The Morgan fingerprint density at radius 2 is 1.50 bits per heavy atom. The Morgan fingerprint density at radius 1 is 0.900 bits per heavy atom. The molecule has 2 rings (SSSR count). The Morgan fingerprint density at radius 3 is 2.05 bits per heavy atom. The molecule has 0 N–H and O–H groups in total. The van der Waals surface area contributed by atoms with Crippen molar-refractivity contribution < 1.29 is 14.2 Å². The van der Waals surface area contributed by atoms with Gasteiger partial charge in [0.25, 0.3) is 0 Å². The highest BCUT2D eigenvalue weighted by Crippen LogP contribution is 2.43. The van der Waals surface area contributed by atoms with Crippen molar-refractivity contribution in [3.8, 4) is 23.0 Å². The molecule has 2 aromatic rings. The number of ether oxygens (including phenoxy) is 3. The number of halogens is 2. The van der Waals surface area contributed by atoms with E-state index >= 15 is 0 Å². The van der Waals surface area contributed by atoms with Crippen LogP contribution in [-0.4, -0.2) is 14.2 Å². The standard InChI is InChI=1S/C15H14Cl2O3/c1-18-12-7-4-8-13(19-2)15(12)20-14-10(9-16)5-3-6-11(14)17/h3-8H,9H2,1-2H3. The summed E-state index contributed by atoms with van der Waals surface area (Å²) in [5.74, 6) is 2.39. The van der Waals surface area contributed by atoms with Gasteiger partial charge in [-0.25, -0.2) is 0 Å². The van der Waals surface area contributed by atoms with Crippen LogP contribution in [-0.2, 0) is 5.88 Å². The lowest BCUT2D eigenvalue weighted by molar-refractivity contribution is 0.345. The smallest absolute Gasteiger partial charge is 0.211 e. The molecule has 0 aliphatic rings. The third-order valence-corrected chi connectivity index (χ3v) is 3.36. The predicted octanol–water partition coefficient (Wildman–Crippen LogP) is 4.89. The van der Waals surface area contributed by atoms with Crippen molar-refractivity contribution in [2.45, 2.75) is 5.88 Å². The molecule has 0 aliphatic heterocycles. The van der Waals surface area contributed by atoms with Gasteiger partial charge in [-0.1, -0.05) is 29.8 Å². The lowest BCUT2D eigenvalue weighted by Gasteiger charge is -2.16. The molecule has 20 heavy (non-hydrogen) atoms. The highest BCUT2D eigenvalue weighted by atomic mass is 35.5. The molecule has 5 heteroatoms. The van der Waals surface area contributed by atoms with Crippen molar-refractivity contribution in [2.24, 2.45) is 0 Å². The fourth-order valence-electron chi connectivity index (χ4n) is 1.79. The minimum Gasteiger partial charge on any atom is -0.493 e. The molecule has 0 amide bonds. The number of benzene rings is 2. The van der Waals surface area contributed by atoms with E-state index < -0.39 is 0 Å². The number of methoxy groups -OCH3 is 2. The number of hydrogen-bond acceptors (Lipinski definition) is 3. The van der Waals surface area contributed by atoms with Crippen LogP contribution in [0.3, 0.4) is 0 Å². The third-order valence-electron chi connectivity index (χ3n) is 2.78. The molecular weight excluding hydrogens is 299 g/mol. The Balaban J connectivity index is 2.49. The molecule has 0 saturated heterocycles. The summed E-state index contributed by atoms with van der Waals surface area (Å²) in [6, 6.07) is 10.8. The van der Waals surface area contributed by atoms with Gasteiger partial charge in [-0.05, 0) is 18.2 Å². The number of hydrogen-bond donors (Lipinski definition) is 0. The summed E-state index contributed by atoms with van der Waals surface area (Å²) in [7, 11) is 3.13. The molecular formula is C15H14Cl2O3. The first-order valence-electron chi connectivity index (χ1n) is 5.93. The first kappa shape index (κ1) is 14.8. The molecule has 0 fully saturated rings. The second-order valence-electron chi connectivity index (χ2n) is 3.96. The number of alkyl halides is 1. The minimum atomic E-state index is 0.299. The molecule has 0 bridgehead atoms. The fourth-order valence-corrected chi connectivity index (χ4v) is 2.24. The van der Waals surface area contributed by atoms with E-state index in [1.807, 2.05) is 18.2 Å². The molecule has 0 spiro atoms. The topological polar surface area (TPSA) is 27.7 Å². The molecule has 2 aromatic carbocycles. The zero-order chi connectivity index (χ0) is 14.5. The van der Waals surface area contributed by atoms with Gasteiger partial charge in [-0.15, -0.1) is 11.6 Å². The van der Waals surface area contributed by atoms with E-state index in [4.69, 9.17) is 37.4 Å². The minimum absolute atomic E-state index is 0.299. The first-order valence-corrected chi connectivity index (χ1v) is 6.84. The van der Waals surface area contributed by atoms with E-state index in [0.717, 1.165) is 5.56 Å². The maximum Gasteiger partial charge on any atom is 0.211 e. The second-order valence-corrected chi connectivity index (χ2v) is 4.63.